The minimum absolute atomic E-state index is 0.0892. The highest BCUT2D eigenvalue weighted by atomic mass is 32.1. The van der Waals surface area contributed by atoms with E-state index in [1.165, 1.54) is 23.5 Å². The van der Waals surface area contributed by atoms with Gasteiger partial charge >= 0.3 is 0 Å². The number of ether oxygens (including phenoxy) is 1. The molecule has 0 bridgehead atoms. The van der Waals surface area contributed by atoms with Crippen LogP contribution in [-0.4, -0.2) is 77.0 Å². The Morgan fingerprint density at radius 1 is 1.12 bits per heavy atom. The number of hydrogen-bond acceptors (Lipinski definition) is 9. The predicted molar refractivity (Wildman–Crippen MR) is 154 cm³/mol. The smallest absolute Gasteiger partial charge is 0.238 e. The second kappa shape index (κ2) is 10.6. The van der Waals surface area contributed by atoms with Gasteiger partial charge in [0.1, 0.15) is 28.3 Å². The van der Waals surface area contributed by atoms with Crippen molar-refractivity contribution in [3.8, 4) is 17.3 Å². The van der Waals surface area contributed by atoms with Crippen LogP contribution in [0.25, 0.3) is 22.3 Å². The summed E-state index contributed by atoms with van der Waals surface area (Å²) in [6.45, 7) is 3.07. The number of nitriles is 1. The second-order valence-corrected chi connectivity index (χ2v) is 11.9. The van der Waals surface area contributed by atoms with Crippen molar-refractivity contribution in [1.82, 2.24) is 24.6 Å². The number of amides is 1. The molecule has 1 atom stereocenters. The third-order valence-electron chi connectivity index (χ3n) is 8.14. The minimum atomic E-state index is -0.597. The number of fused-ring (bicyclic) bond motifs is 1. The van der Waals surface area contributed by atoms with Gasteiger partial charge < -0.3 is 19.4 Å². The summed E-state index contributed by atoms with van der Waals surface area (Å²) in [5, 5.41) is 15.7. The Morgan fingerprint density at radius 2 is 1.88 bits per heavy atom. The van der Waals surface area contributed by atoms with E-state index in [1.807, 2.05) is 26.4 Å². The third-order valence-corrected chi connectivity index (χ3v) is 9.18. The number of rotatable bonds is 6. The lowest BCUT2D eigenvalue weighted by atomic mass is 10.1. The lowest BCUT2D eigenvalue weighted by molar-refractivity contribution is -0.135. The van der Waals surface area contributed by atoms with Crippen LogP contribution in [0.2, 0.25) is 0 Å². The van der Waals surface area contributed by atoms with Crippen molar-refractivity contribution >= 4 is 44.9 Å². The number of benzene rings is 1. The molecule has 13 heteroatoms. The number of anilines is 3. The molecule has 42 heavy (non-hydrogen) atoms. The van der Waals surface area contributed by atoms with Gasteiger partial charge in [-0.25, -0.2) is 14.1 Å². The Bertz CT molecular complexity index is 1700. The van der Waals surface area contributed by atoms with Gasteiger partial charge in [-0.3, -0.25) is 4.79 Å². The number of thiazole rings is 1. The maximum Gasteiger partial charge on any atom is 0.238 e. The summed E-state index contributed by atoms with van der Waals surface area (Å²) in [5.74, 6) is -0.220. The van der Waals surface area contributed by atoms with E-state index in [1.54, 1.807) is 18.2 Å². The zero-order chi connectivity index (χ0) is 29.0. The first-order chi connectivity index (χ1) is 20.4. The molecule has 3 aliphatic rings. The lowest BCUT2D eigenvalue weighted by Crippen LogP contribution is -2.50. The first-order valence-corrected chi connectivity index (χ1v) is 14.8. The van der Waals surface area contributed by atoms with Crippen LogP contribution < -0.4 is 9.80 Å². The summed E-state index contributed by atoms with van der Waals surface area (Å²) in [7, 11) is 1.85. The van der Waals surface area contributed by atoms with Crippen molar-refractivity contribution < 1.29 is 18.3 Å². The molecular weight excluding hydrogens is 562 g/mol. The lowest BCUT2D eigenvalue weighted by Gasteiger charge is -2.37. The van der Waals surface area contributed by atoms with Gasteiger partial charge in [-0.2, -0.15) is 19.7 Å². The number of hydrogen-bond donors (Lipinski definition) is 0. The van der Waals surface area contributed by atoms with Crippen LogP contribution in [0.1, 0.15) is 30.2 Å². The summed E-state index contributed by atoms with van der Waals surface area (Å²) in [5.41, 5.74) is 1.80. The molecule has 0 unspecified atom stereocenters. The Hall–Kier alpha value is -4.15. The molecule has 1 saturated carbocycles. The maximum absolute atomic E-state index is 15.4. The van der Waals surface area contributed by atoms with Crippen LogP contribution in [0.5, 0.6) is 0 Å². The molecule has 10 nitrogen and oxygen atoms in total. The van der Waals surface area contributed by atoms with Gasteiger partial charge in [0.25, 0.3) is 0 Å². The Morgan fingerprint density at radius 3 is 2.55 bits per heavy atom. The van der Waals surface area contributed by atoms with Crippen molar-refractivity contribution in [2.24, 2.45) is 5.92 Å². The number of pyridine rings is 1. The molecule has 4 aromatic rings. The van der Waals surface area contributed by atoms with E-state index in [0.29, 0.717) is 77.4 Å². The molecule has 7 rings (SSSR count). The maximum atomic E-state index is 15.4. The van der Waals surface area contributed by atoms with Crippen LogP contribution in [0.15, 0.2) is 30.3 Å². The normalized spacial score (nSPS) is 19.0. The van der Waals surface area contributed by atoms with Gasteiger partial charge in [-0.05, 0) is 49.6 Å². The van der Waals surface area contributed by atoms with Crippen molar-refractivity contribution in [2.75, 3.05) is 56.2 Å². The number of halogens is 2. The zero-order valence-corrected chi connectivity index (χ0v) is 23.8. The molecule has 0 spiro atoms. The first-order valence-electron chi connectivity index (χ1n) is 14.0. The van der Waals surface area contributed by atoms with Crippen LogP contribution >= 0.6 is 11.3 Å². The van der Waals surface area contributed by atoms with Crippen LogP contribution in [-0.2, 0) is 9.53 Å². The number of piperazine rings is 1. The van der Waals surface area contributed by atoms with E-state index in [0.717, 1.165) is 25.1 Å². The minimum Gasteiger partial charge on any atom is -0.381 e. The molecule has 2 saturated heterocycles. The molecular formula is C29H28F2N8O2S. The molecule has 0 radical (unpaired) electrons. The molecule has 0 N–H and O–H groups in total. The number of carbonyl (C=O) groups excluding carboxylic acids is 1. The van der Waals surface area contributed by atoms with E-state index < -0.39 is 5.95 Å². The standard InChI is InChI=1S/C29H28F2N8O2S/c1-36(29-33-24(23(15-32)42-29)17-2-4-19(30)5-3-17)27-21-14-22(25(31)34-26(21)35-39(27)20-6-7-20)37-9-11-38(12-10-37)28(40)18-8-13-41-16-18/h2-5,14,18,20H,6-13,16H2,1H3/t18-/m0/s1. The monoisotopic (exact) mass is 590 g/mol. The summed E-state index contributed by atoms with van der Waals surface area (Å²) < 4.78 is 36.2. The highest BCUT2D eigenvalue weighted by Crippen LogP contribution is 2.44. The first kappa shape index (κ1) is 26.7. The van der Waals surface area contributed by atoms with E-state index in [2.05, 4.69) is 16.2 Å². The summed E-state index contributed by atoms with van der Waals surface area (Å²) in [6.07, 6.45) is 2.65. The largest absolute Gasteiger partial charge is 0.381 e. The summed E-state index contributed by atoms with van der Waals surface area (Å²) >= 11 is 1.23. The van der Waals surface area contributed by atoms with E-state index in [9.17, 15) is 14.4 Å². The predicted octanol–water partition coefficient (Wildman–Crippen LogP) is 4.49. The highest BCUT2D eigenvalue weighted by molar-refractivity contribution is 7.16. The summed E-state index contributed by atoms with van der Waals surface area (Å²) in [4.78, 5) is 27.9. The van der Waals surface area contributed by atoms with Gasteiger partial charge in [-0.15, -0.1) is 0 Å². The Balaban J connectivity index is 1.21. The van der Waals surface area contributed by atoms with E-state index in [4.69, 9.17) is 9.72 Å². The topological polar surface area (TPSA) is 103 Å². The molecule has 5 heterocycles. The average molecular weight is 591 g/mol. The Kier molecular flexibility index (Phi) is 6.74. The molecule has 2 aliphatic heterocycles. The fourth-order valence-electron chi connectivity index (χ4n) is 5.69. The van der Waals surface area contributed by atoms with Crippen molar-refractivity contribution in [1.29, 1.82) is 5.26 Å². The molecule has 1 aliphatic carbocycles. The number of aromatic nitrogens is 4. The van der Waals surface area contributed by atoms with Crippen molar-refractivity contribution in [3.05, 3.63) is 47.0 Å². The average Bonchev–Trinajstić information content (AvgIpc) is 3.38. The Labute approximate surface area is 244 Å². The van der Waals surface area contributed by atoms with Crippen LogP contribution in [0.4, 0.5) is 25.4 Å². The number of carbonyl (C=O) groups is 1. The summed E-state index contributed by atoms with van der Waals surface area (Å²) in [6, 6.07) is 10.1. The van der Waals surface area contributed by atoms with Gasteiger partial charge in [0.2, 0.25) is 11.9 Å². The van der Waals surface area contributed by atoms with Crippen molar-refractivity contribution in [3.63, 3.8) is 0 Å². The fourth-order valence-corrected chi connectivity index (χ4v) is 6.54. The molecule has 216 valence electrons. The highest BCUT2D eigenvalue weighted by Gasteiger charge is 2.34. The third kappa shape index (κ3) is 4.74. The van der Waals surface area contributed by atoms with Crippen LogP contribution in [0, 0.1) is 29.0 Å². The van der Waals surface area contributed by atoms with E-state index >= 15 is 4.39 Å². The van der Waals surface area contributed by atoms with E-state index in [-0.39, 0.29) is 23.7 Å². The zero-order valence-electron chi connectivity index (χ0n) is 23.0. The second-order valence-electron chi connectivity index (χ2n) is 10.9. The van der Waals surface area contributed by atoms with Gasteiger partial charge in [-0.1, -0.05) is 11.3 Å². The molecule has 3 fully saturated rings. The molecule has 1 aromatic carbocycles. The van der Waals surface area contributed by atoms with Crippen LogP contribution in [0.3, 0.4) is 0 Å². The quantitative estimate of drug-likeness (QED) is 0.303. The SMILES string of the molecule is CN(c1nc(-c2ccc(F)cc2)c(C#N)s1)c1c2cc(N3CCN(C(=O)[C@H]4CCOC4)CC3)c(F)nc2nn1C1CC1. The van der Waals surface area contributed by atoms with Gasteiger partial charge in [0.15, 0.2) is 10.8 Å². The van der Waals surface area contributed by atoms with Crippen molar-refractivity contribution in [2.45, 2.75) is 25.3 Å². The molecule has 1 amide bonds. The fraction of sp³-hybridized carbons (Fsp3) is 0.414. The van der Waals surface area contributed by atoms with Gasteiger partial charge in [0.05, 0.1) is 29.6 Å². The number of nitrogens with zero attached hydrogens (tertiary/aromatic N) is 8. The molecule has 3 aromatic heterocycles. The van der Waals surface area contributed by atoms with Gasteiger partial charge in [0, 0.05) is 45.4 Å².